The lowest BCUT2D eigenvalue weighted by Crippen LogP contribution is -2.39. The Hall–Kier alpha value is -0.810. The van der Waals surface area contributed by atoms with E-state index in [0.717, 1.165) is 24.4 Å². The summed E-state index contributed by atoms with van der Waals surface area (Å²) in [6, 6.07) is 2.05. The van der Waals surface area contributed by atoms with Gasteiger partial charge in [0.05, 0.1) is 0 Å². The van der Waals surface area contributed by atoms with Crippen molar-refractivity contribution in [3.8, 4) is 0 Å². The number of H-pyrrole nitrogens is 1. The molecular weight excluding hydrogens is 210 g/mol. The Labute approximate surface area is 92.9 Å². The minimum atomic E-state index is -0.0547. The van der Waals surface area contributed by atoms with Crippen LogP contribution in [-0.4, -0.2) is 34.1 Å². The third kappa shape index (κ3) is 3.07. The van der Waals surface area contributed by atoms with Crippen LogP contribution in [-0.2, 0) is 6.42 Å². The zero-order chi connectivity index (χ0) is 10.7. The Morgan fingerprint density at radius 2 is 2.53 bits per heavy atom. The first kappa shape index (κ1) is 10.7. The van der Waals surface area contributed by atoms with Crippen molar-refractivity contribution >= 4 is 11.8 Å². The molecule has 1 atom stereocenters. The van der Waals surface area contributed by atoms with Crippen LogP contribution >= 0.6 is 11.8 Å². The number of rotatable bonds is 2. The normalized spacial score (nSPS) is 21.5. The van der Waals surface area contributed by atoms with Gasteiger partial charge in [-0.05, 0) is 6.92 Å². The molecule has 0 radical (unpaired) electrons. The smallest absolute Gasteiger partial charge is 0.251 e. The molecule has 1 aliphatic heterocycles. The number of hydrogen-bond acceptors (Lipinski definition) is 4. The number of nitrogens with zero attached hydrogens (tertiary/aromatic N) is 1. The van der Waals surface area contributed by atoms with Crippen LogP contribution in [0.5, 0.6) is 0 Å². The van der Waals surface area contributed by atoms with Crippen LogP contribution < -0.4 is 10.9 Å². The van der Waals surface area contributed by atoms with E-state index in [1.165, 1.54) is 5.75 Å². The summed E-state index contributed by atoms with van der Waals surface area (Å²) >= 11 is 1.95. The summed E-state index contributed by atoms with van der Waals surface area (Å²) in [5.41, 5.74) is 0.831. The fourth-order valence-corrected chi connectivity index (χ4v) is 2.70. The summed E-state index contributed by atoms with van der Waals surface area (Å²) in [6.45, 7) is 2.87. The van der Waals surface area contributed by atoms with Crippen molar-refractivity contribution in [1.29, 1.82) is 0 Å². The van der Waals surface area contributed by atoms with Gasteiger partial charge >= 0.3 is 0 Å². The highest BCUT2D eigenvalue weighted by atomic mass is 32.2. The molecule has 0 aromatic carbocycles. The summed E-state index contributed by atoms with van der Waals surface area (Å²) in [4.78, 5) is 18.2. The standard InChI is InChI=1S/C10H15N3OS/c1-7-12-8(5-10(14)13-7)4-9-6-15-3-2-11-9/h5,9,11H,2-4,6H2,1H3,(H,12,13,14). The molecule has 0 saturated carbocycles. The number of hydrogen-bond donors (Lipinski definition) is 2. The molecule has 15 heavy (non-hydrogen) atoms. The van der Waals surface area contributed by atoms with E-state index >= 15 is 0 Å². The van der Waals surface area contributed by atoms with Crippen LogP contribution in [0.3, 0.4) is 0 Å². The van der Waals surface area contributed by atoms with Crippen LogP contribution in [0.4, 0.5) is 0 Å². The van der Waals surface area contributed by atoms with Gasteiger partial charge in [0.25, 0.3) is 5.56 Å². The average molecular weight is 225 g/mol. The summed E-state index contributed by atoms with van der Waals surface area (Å²) in [7, 11) is 0. The molecule has 2 rings (SSSR count). The Morgan fingerprint density at radius 3 is 3.20 bits per heavy atom. The number of nitrogens with one attached hydrogen (secondary N) is 2. The maximum Gasteiger partial charge on any atom is 0.251 e. The van der Waals surface area contributed by atoms with Gasteiger partial charge in [-0.15, -0.1) is 0 Å². The lowest BCUT2D eigenvalue weighted by atomic mass is 10.1. The van der Waals surface area contributed by atoms with E-state index in [0.29, 0.717) is 11.9 Å². The second kappa shape index (κ2) is 4.81. The third-order valence-electron chi connectivity index (χ3n) is 2.37. The van der Waals surface area contributed by atoms with E-state index in [1.54, 1.807) is 6.07 Å². The van der Waals surface area contributed by atoms with Gasteiger partial charge in [-0.25, -0.2) is 4.98 Å². The van der Waals surface area contributed by atoms with Gasteiger partial charge in [-0.1, -0.05) is 0 Å². The molecule has 2 N–H and O–H groups in total. The summed E-state index contributed by atoms with van der Waals surface area (Å²) in [5.74, 6) is 2.98. The first-order valence-corrected chi connectivity index (χ1v) is 6.27. The highest BCUT2D eigenvalue weighted by Gasteiger charge is 2.14. The molecule has 5 heteroatoms. The average Bonchev–Trinajstić information content (AvgIpc) is 2.17. The van der Waals surface area contributed by atoms with Crippen molar-refractivity contribution in [3.63, 3.8) is 0 Å². The zero-order valence-corrected chi connectivity index (χ0v) is 9.56. The van der Waals surface area contributed by atoms with Gasteiger partial charge in [-0.3, -0.25) is 4.79 Å². The maximum absolute atomic E-state index is 11.2. The molecular formula is C10H15N3OS. The SMILES string of the molecule is Cc1nc(CC2CSCCN2)cc(=O)[nH]1. The maximum atomic E-state index is 11.2. The molecule has 4 nitrogen and oxygen atoms in total. The molecule has 1 aromatic heterocycles. The molecule has 1 saturated heterocycles. The summed E-state index contributed by atoms with van der Waals surface area (Å²) in [6.07, 6.45) is 0.845. The van der Waals surface area contributed by atoms with Crippen LogP contribution in [0.2, 0.25) is 0 Å². The molecule has 1 aliphatic rings. The van der Waals surface area contributed by atoms with E-state index < -0.39 is 0 Å². The predicted octanol–water partition coefficient (Wildman–Crippen LogP) is 0.326. The number of aromatic nitrogens is 2. The molecule has 0 spiro atoms. The Morgan fingerprint density at radius 1 is 1.67 bits per heavy atom. The van der Waals surface area contributed by atoms with Crippen LogP contribution in [0.15, 0.2) is 10.9 Å². The molecule has 1 aromatic rings. The van der Waals surface area contributed by atoms with E-state index in [9.17, 15) is 4.79 Å². The van der Waals surface area contributed by atoms with Crippen molar-refractivity contribution in [1.82, 2.24) is 15.3 Å². The Balaban J connectivity index is 2.06. The molecule has 1 unspecified atom stereocenters. The molecule has 2 heterocycles. The van der Waals surface area contributed by atoms with Gasteiger partial charge in [0, 0.05) is 42.3 Å². The lowest BCUT2D eigenvalue weighted by molar-refractivity contribution is 0.555. The summed E-state index contributed by atoms with van der Waals surface area (Å²) in [5, 5.41) is 3.43. The van der Waals surface area contributed by atoms with Crippen LogP contribution in [0, 0.1) is 6.92 Å². The highest BCUT2D eigenvalue weighted by Crippen LogP contribution is 2.10. The topological polar surface area (TPSA) is 57.8 Å². The lowest BCUT2D eigenvalue weighted by Gasteiger charge is -2.22. The number of aromatic amines is 1. The quantitative estimate of drug-likeness (QED) is 0.761. The van der Waals surface area contributed by atoms with E-state index in [-0.39, 0.29) is 5.56 Å². The zero-order valence-electron chi connectivity index (χ0n) is 8.75. The van der Waals surface area contributed by atoms with Gasteiger partial charge in [-0.2, -0.15) is 11.8 Å². The van der Waals surface area contributed by atoms with Gasteiger partial charge in [0.2, 0.25) is 0 Å². The second-order valence-corrected chi connectivity index (χ2v) is 4.90. The van der Waals surface area contributed by atoms with E-state index in [2.05, 4.69) is 15.3 Å². The van der Waals surface area contributed by atoms with Crippen molar-refractivity contribution in [2.24, 2.45) is 0 Å². The first-order chi connectivity index (χ1) is 7.24. The Kier molecular flexibility index (Phi) is 3.43. The molecule has 0 amide bonds. The number of aryl methyl sites for hydroxylation is 1. The monoisotopic (exact) mass is 225 g/mol. The molecule has 1 fully saturated rings. The largest absolute Gasteiger partial charge is 0.312 e. The minimum Gasteiger partial charge on any atom is -0.312 e. The van der Waals surface area contributed by atoms with Crippen molar-refractivity contribution in [2.45, 2.75) is 19.4 Å². The van der Waals surface area contributed by atoms with Gasteiger partial charge in [0.15, 0.2) is 0 Å². The Bertz CT molecular complexity index is 384. The van der Waals surface area contributed by atoms with E-state index in [1.807, 2.05) is 18.7 Å². The molecule has 0 aliphatic carbocycles. The van der Waals surface area contributed by atoms with Gasteiger partial charge < -0.3 is 10.3 Å². The van der Waals surface area contributed by atoms with Crippen molar-refractivity contribution in [2.75, 3.05) is 18.1 Å². The fraction of sp³-hybridized carbons (Fsp3) is 0.600. The second-order valence-electron chi connectivity index (χ2n) is 3.75. The predicted molar refractivity (Wildman–Crippen MR) is 62.4 cm³/mol. The number of thioether (sulfide) groups is 1. The minimum absolute atomic E-state index is 0.0547. The molecule has 82 valence electrons. The third-order valence-corrected chi connectivity index (χ3v) is 3.50. The van der Waals surface area contributed by atoms with Crippen LogP contribution in [0.1, 0.15) is 11.5 Å². The van der Waals surface area contributed by atoms with Crippen molar-refractivity contribution in [3.05, 3.63) is 27.9 Å². The van der Waals surface area contributed by atoms with E-state index in [4.69, 9.17) is 0 Å². The van der Waals surface area contributed by atoms with Gasteiger partial charge in [0.1, 0.15) is 5.82 Å². The first-order valence-electron chi connectivity index (χ1n) is 5.12. The summed E-state index contributed by atoms with van der Waals surface area (Å²) < 4.78 is 0. The fourth-order valence-electron chi connectivity index (χ4n) is 1.75. The van der Waals surface area contributed by atoms with Crippen molar-refractivity contribution < 1.29 is 0 Å². The van der Waals surface area contributed by atoms with Crippen LogP contribution in [0.25, 0.3) is 0 Å². The highest BCUT2D eigenvalue weighted by molar-refractivity contribution is 7.99. The molecule has 0 bridgehead atoms.